The first-order chi connectivity index (χ1) is 13.5. The van der Waals surface area contributed by atoms with Gasteiger partial charge in [-0.2, -0.15) is 26.3 Å². The summed E-state index contributed by atoms with van der Waals surface area (Å²) in [4.78, 5) is 13.9. The van der Waals surface area contributed by atoms with Gasteiger partial charge in [-0.1, -0.05) is 36.4 Å². The van der Waals surface area contributed by atoms with Crippen molar-refractivity contribution in [2.75, 3.05) is 0 Å². The summed E-state index contributed by atoms with van der Waals surface area (Å²) >= 11 is 0. The Labute approximate surface area is 159 Å². The average Bonchev–Trinajstić information content (AvgIpc) is 2.66. The van der Waals surface area contributed by atoms with Gasteiger partial charge in [0, 0.05) is 11.1 Å². The van der Waals surface area contributed by atoms with E-state index in [1.165, 1.54) is 12.1 Å². The fourth-order valence-electron chi connectivity index (χ4n) is 2.90. The zero-order chi connectivity index (χ0) is 21.4. The first-order valence-corrected chi connectivity index (χ1v) is 7.98. The first kappa shape index (κ1) is 20.3. The lowest BCUT2D eigenvalue weighted by Crippen LogP contribution is -2.09. The van der Waals surface area contributed by atoms with Gasteiger partial charge in [0.15, 0.2) is 0 Å². The molecule has 1 heterocycles. The third-order valence-electron chi connectivity index (χ3n) is 4.11. The van der Waals surface area contributed by atoms with Crippen LogP contribution in [-0.4, -0.2) is 9.91 Å². The highest BCUT2D eigenvalue weighted by Crippen LogP contribution is 2.42. The Hall–Kier alpha value is -3.43. The number of alkyl halides is 6. The zero-order valence-corrected chi connectivity index (χ0v) is 14.3. The number of hydrogen-bond acceptors (Lipinski definition) is 3. The SMILES string of the molecule is O=[N+]([O-])c1ncc(-c2ccccc2C(F)(F)F)cc1-c1ccccc1C(F)(F)F. The molecular weight excluding hydrogens is 402 g/mol. The molecule has 0 unspecified atom stereocenters. The molecular formula is C19H10F6N2O2. The van der Waals surface area contributed by atoms with E-state index in [0.717, 1.165) is 48.7 Å². The highest BCUT2D eigenvalue weighted by Gasteiger charge is 2.36. The molecule has 29 heavy (non-hydrogen) atoms. The molecule has 0 saturated heterocycles. The normalized spacial score (nSPS) is 12.1. The second-order valence-electron chi connectivity index (χ2n) is 5.94. The largest absolute Gasteiger partial charge is 0.417 e. The van der Waals surface area contributed by atoms with Crippen molar-refractivity contribution in [3.63, 3.8) is 0 Å². The van der Waals surface area contributed by atoms with E-state index < -0.39 is 45.3 Å². The number of nitrogens with zero attached hydrogens (tertiary/aromatic N) is 2. The fourth-order valence-corrected chi connectivity index (χ4v) is 2.90. The van der Waals surface area contributed by atoms with Gasteiger partial charge in [0.1, 0.15) is 6.20 Å². The van der Waals surface area contributed by atoms with Crippen molar-refractivity contribution < 1.29 is 31.3 Å². The molecule has 2 aromatic carbocycles. The van der Waals surface area contributed by atoms with E-state index in [1.54, 1.807) is 0 Å². The van der Waals surface area contributed by atoms with Crippen LogP contribution in [0.25, 0.3) is 22.3 Å². The number of rotatable bonds is 3. The van der Waals surface area contributed by atoms with E-state index in [-0.39, 0.29) is 11.1 Å². The Morgan fingerprint density at radius 3 is 1.76 bits per heavy atom. The second kappa shape index (κ2) is 7.19. The van der Waals surface area contributed by atoms with Crippen LogP contribution in [-0.2, 0) is 12.4 Å². The molecule has 0 aliphatic heterocycles. The minimum absolute atomic E-state index is 0.199. The zero-order valence-electron chi connectivity index (χ0n) is 14.3. The number of halogens is 6. The van der Waals surface area contributed by atoms with E-state index in [9.17, 15) is 36.5 Å². The van der Waals surface area contributed by atoms with Crippen molar-refractivity contribution in [1.29, 1.82) is 0 Å². The molecule has 3 rings (SSSR count). The molecule has 1 aromatic heterocycles. The number of nitro groups is 1. The summed E-state index contributed by atoms with van der Waals surface area (Å²) in [5, 5.41) is 11.3. The monoisotopic (exact) mass is 412 g/mol. The minimum Gasteiger partial charge on any atom is -0.358 e. The van der Waals surface area contributed by atoms with Crippen molar-refractivity contribution in [3.8, 4) is 22.3 Å². The predicted octanol–water partition coefficient (Wildman–Crippen LogP) is 6.36. The Balaban J connectivity index is 2.31. The Morgan fingerprint density at radius 1 is 0.759 bits per heavy atom. The van der Waals surface area contributed by atoms with Gasteiger partial charge in [-0.25, -0.2) is 0 Å². The summed E-state index contributed by atoms with van der Waals surface area (Å²) in [5.41, 5.74) is -3.83. The molecule has 0 fully saturated rings. The Bertz CT molecular complexity index is 1080. The second-order valence-corrected chi connectivity index (χ2v) is 5.94. The standard InChI is InChI=1S/C19H10F6N2O2/c20-18(21,22)15-7-3-1-5-12(15)11-9-14(17(26-10-11)27(28)29)13-6-2-4-8-16(13)19(23,24)25/h1-10H. The molecule has 150 valence electrons. The lowest BCUT2D eigenvalue weighted by Gasteiger charge is -2.15. The van der Waals surface area contributed by atoms with Crippen LogP contribution < -0.4 is 0 Å². The average molecular weight is 412 g/mol. The van der Waals surface area contributed by atoms with Crippen molar-refractivity contribution in [3.05, 3.63) is 82.0 Å². The van der Waals surface area contributed by atoms with Gasteiger partial charge in [-0.15, -0.1) is 0 Å². The lowest BCUT2D eigenvalue weighted by molar-refractivity contribution is -0.388. The van der Waals surface area contributed by atoms with Gasteiger partial charge in [0.25, 0.3) is 0 Å². The molecule has 0 bridgehead atoms. The highest BCUT2D eigenvalue weighted by molar-refractivity contribution is 5.80. The number of pyridine rings is 1. The van der Waals surface area contributed by atoms with Crippen molar-refractivity contribution in [2.45, 2.75) is 12.4 Å². The quantitative estimate of drug-likeness (QED) is 0.286. The van der Waals surface area contributed by atoms with E-state index in [4.69, 9.17) is 0 Å². The van der Waals surface area contributed by atoms with Crippen molar-refractivity contribution in [2.24, 2.45) is 0 Å². The van der Waals surface area contributed by atoms with Gasteiger partial charge in [-0.05, 0) is 33.7 Å². The highest BCUT2D eigenvalue weighted by atomic mass is 19.4. The summed E-state index contributed by atoms with van der Waals surface area (Å²) in [6, 6.07) is 9.40. The maximum Gasteiger partial charge on any atom is 0.417 e. The third-order valence-corrected chi connectivity index (χ3v) is 4.11. The Morgan fingerprint density at radius 2 is 1.24 bits per heavy atom. The van der Waals surface area contributed by atoms with E-state index in [0.29, 0.717) is 0 Å². The maximum atomic E-state index is 13.4. The summed E-state index contributed by atoms with van der Waals surface area (Å²) in [6.07, 6.45) is -8.73. The number of hydrogen-bond donors (Lipinski definition) is 0. The van der Waals surface area contributed by atoms with Gasteiger partial charge >= 0.3 is 18.2 Å². The molecule has 3 aromatic rings. The van der Waals surface area contributed by atoms with E-state index >= 15 is 0 Å². The van der Waals surface area contributed by atoms with Crippen molar-refractivity contribution in [1.82, 2.24) is 4.98 Å². The van der Waals surface area contributed by atoms with Crippen LogP contribution in [0.1, 0.15) is 11.1 Å². The lowest BCUT2D eigenvalue weighted by atomic mass is 9.95. The van der Waals surface area contributed by atoms with Crippen LogP contribution in [0.15, 0.2) is 60.8 Å². The van der Waals surface area contributed by atoms with Crippen LogP contribution in [0.4, 0.5) is 32.2 Å². The molecule has 0 spiro atoms. The topological polar surface area (TPSA) is 56.0 Å². The number of aromatic nitrogens is 1. The summed E-state index contributed by atoms with van der Waals surface area (Å²) in [6.45, 7) is 0. The van der Waals surface area contributed by atoms with Crippen LogP contribution in [0.5, 0.6) is 0 Å². The molecule has 0 saturated carbocycles. The van der Waals surface area contributed by atoms with Gasteiger partial charge < -0.3 is 10.1 Å². The van der Waals surface area contributed by atoms with Crippen LogP contribution in [0.3, 0.4) is 0 Å². The minimum atomic E-state index is -4.83. The van der Waals surface area contributed by atoms with Crippen LogP contribution in [0, 0.1) is 10.1 Å². The summed E-state index contributed by atoms with van der Waals surface area (Å²) in [5.74, 6) is -0.894. The van der Waals surface area contributed by atoms with E-state index in [2.05, 4.69) is 4.98 Å². The molecule has 0 atom stereocenters. The molecule has 10 heteroatoms. The smallest absolute Gasteiger partial charge is 0.358 e. The van der Waals surface area contributed by atoms with Gasteiger partial charge in [0.2, 0.25) is 0 Å². The number of benzene rings is 2. The summed E-state index contributed by atoms with van der Waals surface area (Å²) < 4.78 is 80.0. The fraction of sp³-hybridized carbons (Fsp3) is 0.105. The van der Waals surface area contributed by atoms with Crippen LogP contribution in [0.2, 0.25) is 0 Å². The third kappa shape index (κ3) is 4.05. The molecule has 4 nitrogen and oxygen atoms in total. The van der Waals surface area contributed by atoms with Crippen molar-refractivity contribution >= 4 is 5.82 Å². The van der Waals surface area contributed by atoms with Gasteiger partial charge in [0.05, 0.1) is 16.7 Å². The molecule has 0 aliphatic rings. The van der Waals surface area contributed by atoms with E-state index in [1.807, 2.05) is 0 Å². The first-order valence-electron chi connectivity index (χ1n) is 7.98. The Kier molecular flexibility index (Phi) is 5.04. The summed E-state index contributed by atoms with van der Waals surface area (Å²) in [7, 11) is 0. The maximum absolute atomic E-state index is 13.4. The molecule has 0 amide bonds. The van der Waals surface area contributed by atoms with Gasteiger partial charge in [-0.3, -0.25) is 0 Å². The predicted molar refractivity (Wildman–Crippen MR) is 91.8 cm³/mol. The molecule has 0 radical (unpaired) electrons. The van der Waals surface area contributed by atoms with Crippen LogP contribution >= 0.6 is 0 Å². The molecule has 0 N–H and O–H groups in total. The molecule has 0 aliphatic carbocycles.